The molecule has 0 aromatic carbocycles. The Balaban J connectivity index is 1.87. The van der Waals surface area contributed by atoms with Gasteiger partial charge in [-0.1, -0.05) is 0 Å². The zero-order valence-electron chi connectivity index (χ0n) is 9.64. The Morgan fingerprint density at radius 2 is 2.62 bits per heavy atom. The van der Waals surface area contributed by atoms with Gasteiger partial charge in [-0.2, -0.15) is 0 Å². The minimum atomic E-state index is -0.732. The topological polar surface area (TPSA) is 54.4 Å². The van der Waals surface area contributed by atoms with Crippen molar-refractivity contribution < 1.29 is 9.84 Å². The molecule has 16 heavy (non-hydrogen) atoms. The SMILES string of the molecule is CC(NCC1(O)CCOC1C)c1cscn1. The second kappa shape index (κ2) is 4.79. The van der Waals surface area contributed by atoms with Crippen LogP contribution in [0.4, 0.5) is 0 Å². The normalized spacial score (nSPS) is 31.8. The molecule has 3 atom stereocenters. The van der Waals surface area contributed by atoms with Gasteiger partial charge in [0, 0.05) is 31.0 Å². The van der Waals surface area contributed by atoms with Crippen LogP contribution in [0, 0.1) is 0 Å². The van der Waals surface area contributed by atoms with E-state index in [1.54, 1.807) is 11.3 Å². The molecular formula is C11H18N2O2S. The number of rotatable bonds is 4. The molecule has 90 valence electrons. The standard InChI is InChI=1S/C11H18N2O2S/c1-8(10-5-16-7-13-10)12-6-11(14)3-4-15-9(11)2/h5,7-9,12,14H,3-4,6H2,1-2H3. The number of ether oxygens (including phenoxy) is 1. The van der Waals surface area contributed by atoms with Gasteiger partial charge in [-0.15, -0.1) is 11.3 Å². The van der Waals surface area contributed by atoms with Crippen molar-refractivity contribution in [2.75, 3.05) is 13.2 Å². The third-order valence-electron chi connectivity index (χ3n) is 3.27. The summed E-state index contributed by atoms with van der Waals surface area (Å²) in [5.41, 5.74) is 2.12. The highest BCUT2D eigenvalue weighted by Crippen LogP contribution is 2.25. The van der Waals surface area contributed by atoms with Crippen LogP contribution in [0.1, 0.15) is 32.0 Å². The zero-order chi connectivity index (χ0) is 11.6. The van der Waals surface area contributed by atoms with Gasteiger partial charge >= 0.3 is 0 Å². The first-order chi connectivity index (χ1) is 7.62. The van der Waals surface area contributed by atoms with Crippen LogP contribution < -0.4 is 5.32 Å². The van der Waals surface area contributed by atoms with Crippen molar-refractivity contribution in [1.82, 2.24) is 10.3 Å². The van der Waals surface area contributed by atoms with E-state index in [1.807, 2.05) is 17.8 Å². The van der Waals surface area contributed by atoms with Crippen LogP contribution in [-0.4, -0.2) is 34.9 Å². The predicted molar refractivity (Wildman–Crippen MR) is 63.5 cm³/mol. The third kappa shape index (κ3) is 2.43. The summed E-state index contributed by atoms with van der Waals surface area (Å²) in [7, 11) is 0. The van der Waals surface area contributed by atoms with E-state index >= 15 is 0 Å². The molecule has 0 bridgehead atoms. The third-order valence-corrected chi connectivity index (χ3v) is 3.87. The Hall–Kier alpha value is -0.490. The van der Waals surface area contributed by atoms with Crippen molar-refractivity contribution in [3.63, 3.8) is 0 Å². The van der Waals surface area contributed by atoms with E-state index in [-0.39, 0.29) is 12.1 Å². The van der Waals surface area contributed by atoms with Crippen molar-refractivity contribution in [2.45, 2.75) is 38.0 Å². The molecule has 2 heterocycles. The minimum Gasteiger partial charge on any atom is -0.386 e. The molecule has 0 aliphatic carbocycles. The molecule has 2 rings (SSSR count). The van der Waals surface area contributed by atoms with Gasteiger partial charge in [0.05, 0.1) is 17.3 Å². The van der Waals surface area contributed by atoms with Crippen LogP contribution in [0.2, 0.25) is 0 Å². The number of hydrogen-bond donors (Lipinski definition) is 2. The maximum absolute atomic E-state index is 10.3. The van der Waals surface area contributed by atoms with Gasteiger partial charge < -0.3 is 15.2 Å². The first kappa shape index (κ1) is 12.0. The highest BCUT2D eigenvalue weighted by Gasteiger charge is 2.39. The molecule has 3 unspecified atom stereocenters. The molecule has 1 aromatic rings. The lowest BCUT2D eigenvalue weighted by atomic mass is 9.96. The van der Waals surface area contributed by atoms with Gasteiger partial charge in [0.15, 0.2) is 0 Å². The molecule has 0 amide bonds. The maximum atomic E-state index is 10.3. The summed E-state index contributed by atoms with van der Waals surface area (Å²) in [5.74, 6) is 0. The Bertz CT molecular complexity index is 331. The van der Waals surface area contributed by atoms with E-state index < -0.39 is 5.60 Å². The monoisotopic (exact) mass is 242 g/mol. The van der Waals surface area contributed by atoms with Gasteiger partial charge in [0.25, 0.3) is 0 Å². The fraction of sp³-hybridized carbons (Fsp3) is 0.727. The van der Waals surface area contributed by atoms with E-state index in [2.05, 4.69) is 17.2 Å². The number of hydrogen-bond acceptors (Lipinski definition) is 5. The largest absolute Gasteiger partial charge is 0.386 e. The zero-order valence-corrected chi connectivity index (χ0v) is 10.5. The van der Waals surface area contributed by atoms with E-state index in [4.69, 9.17) is 4.74 Å². The molecule has 5 heteroatoms. The molecule has 0 radical (unpaired) electrons. The molecule has 1 aliphatic rings. The molecule has 4 nitrogen and oxygen atoms in total. The van der Waals surface area contributed by atoms with Gasteiger partial charge in [0.1, 0.15) is 5.60 Å². The number of thiazole rings is 1. The number of aliphatic hydroxyl groups is 1. The highest BCUT2D eigenvalue weighted by atomic mass is 32.1. The molecule has 2 N–H and O–H groups in total. The quantitative estimate of drug-likeness (QED) is 0.836. The fourth-order valence-corrected chi connectivity index (χ4v) is 2.52. The molecule has 1 aromatic heterocycles. The second-order valence-electron chi connectivity index (χ2n) is 4.38. The lowest BCUT2D eigenvalue weighted by Gasteiger charge is -2.27. The van der Waals surface area contributed by atoms with Crippen LogP contribution in [0.5, 0.6) is 0 Å². The van der Waals surface area contributed by atoms with E-state index in [1.165, 1.54) is 0 Å². The number of nitrogens with zero attached hydrogens (tertiary/aromatic N) is 1. The van der Waals surface area contributed by atoms with Crippen molar-refractivity contribution in [2.24, 2.45) is 0 Å². The summed E-state index contributed by atoms with van der Waals surface area (Å²) in [6.45, 7) is 5.17. The summed E-state index contributed by atoms with van der Waals surface area (Å²) in [6.07, 6.45) is 0.605. The maximum Gasteiger partial charge on any atom is 0.105 e. The van der Waals surface area contributed by atoms with Crippen molar-refractivity contribution in [3.05, 3.63) is 16.6 Å². The Kier molecular flexibility index (Phi) is 3.59. The first-order valence-corrected chi connectivity index (χ1v) is 6.51. The molecule has 0 spiro atoms. The molecule has 1 saturated heterocycles. The fourth-order valence-electron chi connectivity index (χ4n) is 1.87. The number of nitrogens with one attached hydrogen (secondary N) is 1. The molecule has 1 fully saturated rings. The summed E-state index contributed by atoms with van der Waals surface area (Å²) in [5, 5.41) is 15.6. The Morgan fingerprint density at radius 3 is 3.19 bits per heavy atom. The molecular weight excluding hydrogens is 224 g/mol. The predicted octanol–water partition coefficient (Wildman–Crippen LogP) is 1.33. The summed E-state index contributed by atoms with van der Waals surface area (Å²) in [6, 6.07) is 0.170. The van der Waals surface area contributed by atoms with Crippen molar-refractivity contribution in [3.8, 4) is 0 Å². The van der Waals surface area contributed by atoms with Gasteiger partial charge in [-0.25, -0.2) is 4.98 Å². The van der Waals surface area contributed by atoms with Gasteiger partial charge in [-0.05, 0) is 13.8 Å². The van der Waals surface area contributed by atoms with Crippen molar-refractivity contribution in [1.29, 1.82) is 0 Å². The van der Waals surface area contributed by atoms with Crippen molar-refractivity contribution >= 4 is 11.3 Å². The summed E-state index contributed by atoms with van der Waals surface area (Å²) >= 11 is 1.59. The van der Waals surface area contributed by atoms with Crippen LogP contribution in [0.3, 0.4) is 0 Å². The van der Waals surface area contributed by atoms with E-state index in [0.29, 0.717) is 19.6 Å². The average molecular weight is 242 g/mol. The number of aromatic nitrogens is 1. The van der Waals surface area contributed by atoms with E-state index in [0.717, 1.165) is 5.69 Å². The lowest BCUT2D eigenvalue weighted by Crippen LogP contribution is -2.46. The Labute approximate surface area is 99.7 Å². The summed E-state index contributed by atoms with van der Waals surface area (Å²) < 4.78 is 5.39. The van der Waals surface area contributed by atoms with E-state index in [9.17, 15) is 5.11 Å². The highest BCUT2D eigenvalue weighted by molar-refractivity contribution is 7.07. The second-order valence-corrected chi connectivity index (χ2v) is 5.10. The van der Waals surface area contributed by atoms with Crippen LogP contribution in [0.15, 0.2) is 10.9 Å². The van der Waals surface area contributed by atoms with Crippen LogP contribution in [-0.2, 0) is 4.74 Å². The molecule has 0 saturated carbocycles. The smallest absolute Gasteiger partial charge is 0.105 e. The van der Waals surface area contributed by atoms with Gasteiger partial charge in [-0.3, -0.25) is 0 Å². The minimum absolute atomic E-state index is 0.0948. The lowest BCUT2D eigenvalue weighted by molar-refractivity contribution is -0.0274. The average Bonchev–Trinajstić information content (AvgIpc) is 2.87. The van der Waals surface area contributed by atoms with Crippen LogP contribution in [0.25, 0.3) is 0 Å². The van der Waals surface area contributed by atoms with Gasteiger partial charge in [0.2, 0.25) is 0 Å². The first-order valence-electron chi connectivity index (χ1n) is 5.57. The molecule has 1 aliphatic heterocycles. The Morgan fingerprint density at radius 1 is 1.81 bits per heavy atom. The summed E-state index contributed by atoms with van der Waals surface area (Å²) in [4.78, 5) is 4.25. The van der Waals surface area contributed by atoms with Crippen LogP contribution >= 0.6 is 11.3 Å².